The minimum absolute atomic E-state index is 0.0459. The molecule has 0 unspecified atom stereocenters. The van der Waals surface area contributed by atoms with Gasteiger partial charge in [0, 0.05) is 30.1 Å². The smallest absolute Gasteiger partial charge is 0.321 e. The molecule has 1 aliphatic rings. The number of likely N-dealkylation sites (tertiary alicyclic amines) is 1. The molecule has 1 aromatic carbocycles. The summed E-state index contributed by atoms with van der Waals surface area (Å²) < 4.78 is 0. The van der Waals surface area contributed by atoms with Crippen LogP contribution in [0.5, 0.6) is 0 Å². The Balaban J connectivity index is 1.45. The lowest BCUT2D eigenvalue weighted by atomic mass is 9.96. The fraction of sp³-hybridized carbons (Fsp3) is 0.450. The van der Waals surface area contributed by atoms with E-state index in [9.17, 15) is 9.59 Å². The van der Waals surface area contributed by atoms with Crippen LogP contribution in [0.25, 0.3) is 0 Å². The molecular formula is C20H26N4O2S. The summed E-state index contributed by atoms with van der Waals surface area (Å²) in [6, 6.07) is 5.80. The van der Waals surface area contributed by atoms with Crippen LogP contribution >= 0.6 is 11.3 Å². The van der Waals surface area contributed by atoms with Crippen molar-refractivity contribution >= 4 is 29.0 Å². The molecule has 1 aromatic heterocycles. The SMILES string of the molecule is Cc1nc(CNC(=O)C2CCN(C(=O)Nc3ccc(C)c(C)c3)CC2)cs1. The summed E-state index contributed by atoms with van der Waals surface area (Å²) in [5, 5.41) is 8.89. The number of rotatable bonds is 4. The number of nitrogens with zero attached hydrogens (tertiary/aromatic N) is 2. The van der Waals surface area contributed by atoms with E-state index in [1.165, 1.54) is 5.56 Å². The van der Waals surface area contributed by atoms with Gasteiger partial charge in [-0.05, 0) is 56.9 Å². The molecule has 0 radical (unpaired) electrons. The van der Waals surface area contributed by atoms with Crippen LogP contribution in [-0.2, 0) is 11.3 Å². The quantitative estimate of drug-likeness (QED) is 0.843. The summed E-state index contributed by atoms with van der Waals surface area (Å²) in [6.07, 6.45) is 1.37. The Morgan fingerprint density at radius 3 is 2.56 bits per heavy atom. The van der Waals surface area contributed by atoms with Gasteiger partial charge in [-0.25, -0.2) is 9.78 Å². The average molecular weight is 387 g/mol. The molecule has 6 nitrogen and oxygen atoms in total. The number of piperidine rings is 1. The van der Waals surface area contributed by atoms with Gasteiger partial charge in [0.2, 0.25) is 5.91 Å². The third-order valence-corrected chi connectivity index (χ3v) is 5.84. The molecule has 1 fully saturated rings. The first-order valence-electron chi connectivity index (χ1n) is 9.24. The molecule has 1 saturated heterocycles. The first-order chi connectivity index (χ1) is 12.9. The molecule has 0 spiro atoms. The Labute approximate surface area is 164 Å². The highest BCUT2D eigenvalue weighted by molar-refractivity contribution is 7.09. The van der Waals surface area contributed by atoms with E-state index >= 15 is 0 Å². The van der Waals surface area contributed by atoms with E-state index < -0.39 is 0 Å². The number of amides is 3. The van der Waals surface area contributed by atoms with Crippen LogP contribution in [0.1, 0.15) is 34.7 Å². The van der Waals surface area contributed by atoms with Crippen LogP contribution < -0.4 is 10.6 Å². The van der Waals surface area contributed by atoms with E-state index in [4.69, 9.17) is 0 Å². The Morgan fingerprint density at radius 1 is 1.19 bits per heavy atom. The molecular weight excluding hydrogens is 360 g/mol. The molecule has 0 aliphatic carbocycles. The van der Waals surface area contributed by atoms with Gasteiger partial charge in [-0.1, -0.05) is 6.07 Å². The second kappa shape index (κ2) is 8.52. The number of anilines is 1. The molecule has 1 aliphatic heterocycles. The lowest BCUT2D eigenvalue weighted by Crippen LogP contribution is -2.44. The molecule has 3 amide bonds. The van der Waals surface area contributed by atoms with Gasteiger partial charge in [-0.3, -0.25) is 4.79 Å². The fourth-order valence-electron chi connectivity index (χ4n) is 3.18. The van der Waals surface area contributed by atoms with E-state index in [-0.39, 0.29) is 17.9 Å². The first-order valence-corrected chi connectivity index (χ1v) is 10.1. The first kappa shape index (κ1) is 19.4. The maximum atomic E-state index is 12.5. The summed E-state index contributed by atoms with van der Waals surface area (Å²) in [5.74, 6) is 0.00488. The number of hydrogen-bond donors (Lipinski definition) is 2. The van der Waals surface area contributed by atoms with Gasteiger partial charge in [0.15, 0.2) is 0 Å². The molecule has 27 heavy (non-hydrogen) atoms. The monoisotopic (exact) mass is 386 g/mol. The van der Waals surface area contributed by atoms with Gasteiger partial charge in [0.25, 0.3) is 0 Å². The van der Waals surface area contributed by atoms with E-state index in [0.29, 0.717) is 32.5 Å². The van der Waals surface area contributed by atoms with E-state index in [1.807, 2.05) is 44.4 Å². The van der Waals surface area contributed by atoms with Crippen LogP contribution in [0, 0.1) is 26.7 Å². The maximum absolute atomic E-state index is 12.5. The minimum atomic E-state index is -0.102. The topological polar surface area (TPSA) is 74.3 Å². The lowest BCUT2D eigenvalue weighted by Gasteiger charge is -2.31. The molecule has 3 rings (SSSR count). The molecule has 0 saturated carbocycles. The maximum Gasteiger partial charge on any atom is 0.321 e. The number of urea groups is 1. The molecule has 2 heterocycles. The number of benzene rings is 1. The number of thiazole rings is 1. The minimum Gasteiger partial charge on any atom is -0.350 e. The predicted molar refractivity (Wildman–Crippen MR) is 108 cm³/mol. The van der Waals surface area contributed by atoms with Crippen molar-refractivity contribution in [2.24, 2.45) is 5.92 Å². The number of aromatic nitrogens is 1. The zero-order chi connectivity index (χ0) is 19.4. The Bertz CT molecular complexity index is 825. The summed E-state index contributed by atoms with van der Waals surface area (Å²) in [5.41, 5.74) is 4.06. The van der Waals surface area contributed by atoms with Crippen molar-refractivity contribution in [1.29, 1.82) is 0 Å². The van der Waals surface area contributed by atoms with Crippen molar-refractivity contribution < 1.29 is 9.59 Å². The van der Waals surface area contributed by atoms with E-state index in [1.54, 1.807) is 16.2 Å². The number of hydrogen-bond acceptors (Lipinski definition) is 4. The summed E-state index contributed by atoms with van der Waals surface area (Å²) in [4.78, 5) is 31.0. The number of carbonyl (C=O) groups is 2. The molecule has 0 atom stereocenters. The predicted octanol–water partition coefficient (Wildman–Crippen LogP) is 3.63. The van der Waals surface area contributed by atoms with E-state index in [0.717, 1.165) is 22.0 Å². The van der Waals surface area contributed by atoms with Gasteiger partial charge < -0.3 is 15.5 Å². The highest BCUT2D eigenvalue weighted by Crippen LogP contribution is 2.20. The van der Waals surface area contributed by atoms with Crippen molar-refractivity contribution in [2.45, 2.75) is 40.2 Å². The standard InChI is InChI=1S/C20H26N4O2S/c1-13-4-5-17(10-14(13)2)23-20(26)24-8-6-16(7-9-24)19(25)21-11-18-12-27-15(3)22-18/h4-5,10,12,16H,6-9,11H2,1-3H3,(H,21,25)(H,23,26). The van der Waals surface area contributed by atoms with Gasteiger partial charge in [0.05, 0.1) is 17.2 Å². The van der Waals surface area contributed by atoms with Crippen molar-refractivity contribution in [2.75, 3.05) is 18.4 Å². The second-order valence-corrected chi connectivity index (χ2v) is 8.13. The lowest BCUT2D eigenvalue weighted by molar-refractivity contribution is -0.126. The largest absolute Gasteiger partial charge is 0.350 e. The zero-order valence-corrected chi connectivity index (χ0v) is 16.9. The summed E-state index contributed by atoms with van der Waals surface area (Å²) in [7, 11) is 0. The van der Waals surface area contributed by atoms with Gasteiger partial charge in [0.1, 0.15) is 0 Å². The van der Waals surface area contributed by atoms with Gasteiger partial charge >= 0.3 is 6.03 Å². The van der Waals surface area contributed by atoms with Crippen molar-refractivity contribution in [3.05, 3.63) is 45.4 Å². The van der Waals surface area contributed by atoms with Crippen LogP contribution in [0.4, 0.5) is 10.5 Å². The number of aryl methyl sites for hydroxylation is 3. The fourth-order valence-corrected chi connectivity index (χ4v) is 3.79. The Hall–Kier alpha value is -2.41. The summed E-state index contributed by atoms with van der Waals surface area (Å²) >= 11 is 1.58. The Kier molecular flexibility index (Phi) is 6.11. The third kappa shape index (κ3) is 5.07. The van der Waals surface area contributed by atoms with Crippen molar-refractivity contribution in [3.8, 4) is 0 Å². The van der Waals surface area contributed by atoms with Crippen LogP contribution in [0.15, 0.2) is 23.6 Å². The molecule has 2 N–H and O–H groups in total. The van der Waals surface area contributed by atoms with Crippen LogP contribution in [-0.4, -0.2) is 34.9 Å². The molecule has 144 valence electrons. The zero-order valence-electron chi connectivity index (χ0n) is 16.0. The highest BCUT2D eigenvalue weighted by atomic mass is 32.1. The summed E-state index contributed by atoms with van der Waals surface area (Å²) in [6.45, 7) is 7.68. The normalized spacial score (nSPS) is 14.9. The second-order valence-electron chi connectivity index (χ2n) is 7.07. The number of nitrogens with one attached hydrogen (secondary N) is 2. The van der Waals surface area contributed by atoms with Crippen molar-refractivity contribution in [3.63, 3.8) is 0 Å². The molecule has 7 heteroatoms. The van der Waals surface area contributed by atoms with Crippen molar-refractivity contribution in [1.82, 2.24) is 15.2 Å². The third-order valence-electron chi connectivity index (χ3n) is 5.02. The van der Waals surface area contributed by atoms with Crippen LogP contribution in [0.3, 0.4) is 0 Å². The average Bonchev–Trinajstić information content (AvgIpc) is 3.08. The molecule has 2 aromatic rings. The molecule has 0 bridgehead atoms. The van der Waals surface area contributed by atoms with Gasteiger partial charge in [-0.2, -0.15) is 0 Å². The van der Waals surface area contributed by atoms with E-state index in [2.05, 4.69) is 15.6 Å². The van der Waals surface area contributed by atoms with Gasteiger partial charge in [-0.15, -0.1) is 11.3 Å². The Morgan fingerprint density at radius 2 is 1.93 bits per heavy atom. The highest BCUT2D eigenvalue weighted by Gasteiger charge is 2.27. The van der Waals surface area contributed by atoms with Crippen LogP contribution in [0.2, 0.25) is 0 Å². The number of carbonyl (C=O) groups excluding carboxylic acids is 2.